The zero-order chi connectivity index (χ0) is 12.5. The van der Waals surface area contributed by atoms with Gasteiger partial charge < -0.3 is 0 Å². The first-order chi connectivity index (χ1) is 8.75. The zero-order valence-corrected chi connectivity index (χ0v) is 10.0. The van der Waals surface area contributed by atoms with Gasteiger partial charge in [0.2, 0.25) is 0 Å². The van der Waals surface area contributed by atoms with Crippen molar-refractivity contribution in [3.8, 4) is 5.69 Å². The Kier molecular flexibility index (Phi) is 2.57. The molecule has 5 heteroatoms. The van der Waals surface area contributed by atoms with Gasteiger partial charge in [0.15, 0.2) is 0 Å². The molecule has 0 saturated carbocycles. The molecule has 0 aliphatic rings. The van der Waals surface area contributed by atoms with E-state index in [1.807, 2.05) is 0 Å². The molecule has 0 aliphatic heterocycles. The summed E-state index contributed by atoms with van der Waals surface area (Å²) in [6, 6.07) is 10.5. The van der Waals surface area contributed by atoms with Gasteiger partial charge in [-0.1, -0.05) is 17.7 Å². The number of rotatable bonds is 1. The summed E-state index contributed by atoms with van der Waals surface area (Å²) in [5.74, 6) is 0. The van der Waals surface area contributed by atoms with Gasteiger partial charge in [0, 0.05) is 11.2 Å². The van der Waals surface area contributed by atoms with E-state index in [1.54, 1.807) is 48.8 Å². The highest BCUT2D eigenvalue weighted by Crippen LogP contribution is 2.13. The lowest BCUT2D eigenvalue weighted by atomic mass is 10.3. The van der Waals surface area contributed by atoms with Crippen LogP contribution in [0.5, 0.6) is 0 Å². The Balaban J connectivity index is 2.31. The van der Waals surface area contributed by atoms with E-state index in [0.717, 1.165) is 0 Å². The summed E-state index contributed by atoms with van der Waals surface area (Å²) >= 11 is 5.91. The van der Waals surface area contributed by atoms with Gasteiger partial charge in [0.05, 0.1) is 22.8 Å². The van der Waals surface area contributed by atoms with E-state index in [2.05, 4.69) is 10.1 Å². The van der Waals surface area contributed by atoms with Crippen molar-refractivity contribution in [2.75, 3.05) is 0 Å². The standard InChI is InChI=1S/C13H8ClN3O/c14-9-3-1-4-10(7-9)17-13(18)11-5-2-6-15-12(11)8-16-17/h1-8H. The van der Waals surface area contributed by atoms with Crippen molar-refractivity contribution in [3.05, 3.63) is 64.2 Å². The Morgan fingerprint density at radius 2 is 2.06 bits per heavy atom. The van der Waals surface area contributed by atoms with E-state index in [0.29, 0.717) is 21.6 Å². The third-order valence-corrected chi connectivity index (χ3v) is 2.84. The molecule has 18 heavy (non-hydrogen) atoms. The summed E-state index contributed by atoms with van der Waals surface area (Å²) in [6.07, 6.45) is 3.20. The summed E-state index contributed by atoms with van der Waals surface area (Å²) in [7, 11) is 0. The van der Waals surface area contributed by atoms with Gasteiger partial charge in [-0.2, -0.15) is 9.78 Å². The minimum atomic E-state index is -0.206. The molecule has 0 saturated heterocycles. The van der Waals surface area contributed by atoms with E-state index in [-0.39, 0.29) is 5.56 Å². The second kappa shape index (κ2) is 4.23. The van der Waals surface area contributed by atoms with Crippen LogP contribution in [0.1, 0.15) is 0 Å². The summed E-state index contributed by atoms with van der Waals surface area (Å²) < 4.78 is 1.32. The third-order valence-electron chi connectivity index (χ3n) is 2.61. The van der Waals surface area contributed by atoms with Crippen LogP contribution in [0.2, 0.25) is 5.02 Å². The minimum Gasteiger partial charge on any atom is -0.267 e. The fourth-order valence-electron chi connectivity index (χ4n) is 1.77. The average Bonchev–Trinajstić information content (AvgIpc) is 2.39. The number of nitrogens with zero attached hydrogens (tertiary/aromatic N) is 3. The van der Waals surface area contributed by atoms with Gasteiger partial charge in [-0.15, -0.1) is 0 Å². The molecule has 0 amide bonds. The van der Waals surface area contributed by atoms with Crippen LogP contribution < -0.4 is 5.56 Å². The maximum atomic E-state index is 12.3. The monoisotopic (exact) mass is 257 g/mol. The molecular weight excluding hydrogens is 250 g/mol. The molecule has 1 aromatic carbocycles. The Morgan fingerprint density at radius 1 is 1.17 bits per heavy atom. The molecular formula is C13H8ClN3O. The van der Waals surface area contributed by atoms with E-state index in [1.165, 1.54) is 4.68 Å². The van der Waals surface area contributed by atoms with Gasteiger partial charge in [-0.05, 0) is 30.3 Å². The maximum Gasteiger partial charge on any atom is 0.280 e. The van der Waals surface area contributed by atoms with Crippen LogP contribution in [0.4, 0.5) is 0 Å². The molecule has 0 bridgehead atoms. The van der Waals surface area contributed by atoms with Crippen molar-refractivity contribution in [3.63, 3.8) is 0 Å². The van der Waals surface area contributed by atoms with Gasteiger partial charge in [-0.3, -0.25) is 9.78 Å². The highest BCUT2D eigenvalue weighted by Gasteiger charge is 2.06. The number of pyridine rings is 1. The smallest absolute Gasteiger partial charge is 0.267 e. The number of halogens is 1. The van der Waals surface area contributed by atoms with Crippen LogP contribution in [0.25, 0.3) is 16.6 Å². The molecule has 88 valence electrons. The lowest BCUT2D eigenvalue weighted by molar-refractivity contribution is 0.819. The first-order valence-electron chi connectivity index (χ1n) is 5.35. The number of hydrogen-bond donors (Lipinski definition) is 0. The van der Waals surface area contributed by atoms with Crippen LogP contribution in [0.3, 0.4) is 0 Å². The Labute approximate surface area is 107 Å². The molecule has 0 fully saturated rings. The molecule has 2 aromatic heterocycles. The summed E-state index contributed by atoms with van der Waals surface area (Å²) in [5.41, 5.74) is 1.02. The maximum absolute atomic E-state index is 12.3. The normalized spacial score (nSPS) is 10.7. The Bertz CT molecular complexity index is 782. The minimum absolute atomic E-state index is 0.206. The van der Waals surface area contributed by atoms with Crippen LogP contribution in [0.15, 0.2) is 53.6 Å². The van der Waals surface area contributed by atoms with Crippen molar-refractivity contribution < 1.29 is 0 Å². The lowest BCUT2D eigenvalue weighted by Gasteiger charge is -2.05. The highest BCUT2D eigenvalue weighted by molar-refractivity contribution is 6.30. The van der Waals surface area contributed by atoms with Crippen LogP contribution in [-0.4, -0.2) is 14.8 Å². The predicted molar refractivity (Wildman–Crippen MR) is 70.1 cm³/mol. The van der Waals surface area contributed by atoms with Gasteiger partial charge in [0.25, 0.3) is 5.56 Å². The number of benzene rings is 1. The SMILES string of the molecule is O=c1c2cccnc2cnn1-c1cccc(Cl)c1. The van der Waals surface area contributed by atoms with Crippen molar-refractivity contribution >= 4 is 22.5 Å². The molecule has 0 spiro atoms. The molecule has 2 heterocycles. The van der Waals surface area contributed by atoms with Crippen LogP contribution in [-0.2, 0) is 0 Å². The number of aromatic nitrogens is 3. The Hall–Kier alpha value is -2.20. The fourth-order valence-corrected chi connectivity index (χ4v) is 1.96. The molecule has 0 aliphatic carbocycles. The molecule has 3 rings (SSSR count). The fraction of sp³-hybridized carbons (Fsp3) is 0. The highest BCUT2D eigenvalue weighted by atomic mass is 35.5. The average molecular weight is 258 g/mol. The van der Waals surface area contributed by atoms with Gasteiger partial charge in [0.1, 0.15) is 0 Å². The second-order valence-electron chi connectivity index (χ2n) is 3.78. The molecule has 3 aromatic rings. The quantitative estimate of drug-likeness (QED) is 0.673. The van der Waals surface area contributed by atoms with Crippen molar-refractivity contribution in [2.45, 2.75) is 0 Å². The number of fused-ring (bicyclic) bond motifs is 1. The van der Waals surface area contributed by atoms with Gasteiger partial charge in [-0.25, -0.2) is 0 Å². The number of hydrogen-bond acceptors (Lipinski definition) is 3. The molecule has 0 atom stereocenters. The first-order valence-corrected chi connectivity index (χ1v) is 5.72. The topological polar surface area (TPSA) is 47.8 Å². The molecule has 0 unspecified atom stereocenters. The van der Waals surface area contributed by atoms with Crippen molar-refractivity contribution in [2.24, 2.45) is 0 Å². The second-order valence-corrected chi connectivity index (χ2v) is 4.21. The zero-order valence-electron chi connectivity index (χ0n) is 9.25. The molecule has 0 N–H and O–H groups in total. The molecule has 0 radical (unpaired) electrons. The largest absolute Gasteiger partial charge is 0.280 e. The molecule has 4 nitrogen and oxygen atoms in total. The summed E-state index contributed by atoms with van der Waals surface area (Å²) in [6.45, 7) is 0. The lowest BCUT2D eigenvalue weighted by Crippen LogP contribution is -2.21. The summed E-state index contributed by atoms with van der Waals surface area (Å²) in [4.78, 5) is 16.4. The van der Waals surface area contributed by atoms with Crippen molar-refractivity contribution in [1.29, 1.82) is 0 Å². The van der Waals surface area contributed by atoms with E-state index >= 15 is 0 Å². The predicted octanol–water partition coefficient (Wildman–Crippen LogP) is 2.43. The van der Waals surface area contributed by atoms with Crippen LogP contribution >= 0.6 is 11.6 Å². The summed E-state index contributed by atoms with van der Waals surface area (Å²) in [5, 5.41) is 5.20. The van der Waals surface area contributed by atoms with E-state index in [9.17, 15) is 4.79 Å². The first kappa shape index (κ1) is 10.9. The van der Waals surface area contributed by atoms with E-state index < -0.39 is 0 Å². The van der Waals surface area contributed by atoms with Crippen LogP contribution in [0, 0.1) is 0 Å². The Morgan fingerprint density at radius 3 is 2.89 bits per heavy atom. The van der Waals surface area contributed by atoms with E-state index in [4.69, 9.17) is 11.6 Å². The van der Waals surface area contributed by atoms with Crippen molar-refractivity contribution in [1.82, 2.24) is 14.8 Å². The third kappa shape index (κ3) is 1.76. The van der Waals surface area contributed by atoms with Gasteiger partial charge >= 0.3 is 0 Å².